The minimum Gasteiger partial charge on any atom is -0.303 e. The van der Waals surface area contributed by atoms with Gasteiger partial charge in [0.05, 0.1) is 0 Å². The summed E-state index contributed by atoms with van der Waals surface area (Å²) in [6.45, 7) is 5.16. The lowest BCUT2D eigenvalue weighted by Gasteiger charge is -2.14. The lowest BCUT2D eigenvalue weighted by atomic mass is 10.2. The molecule has 1 N–H and O–H groups in total. The van der Waals surface area contributed by atoms with E-state index in [0.717, 1.165) is 31.6 Å². The summed E-state index contributed by atoms with van der Waals surface area (Å²) >= 11 is 0. The van der Waals surface area contributed by atoms with E-state index in [9.17, 15) is 12.8 Å². The quantitative estimate of drug-likeness (QED) is 0.816. The Bertz CT molecular complexity index is 554. The number of likely N-dealkylation sites (tertiary alicyclic amines) is 1. The van der Waals surface area contributed by atoms with E-state index < -0.39 is 15.8 Å². The zero-order valence-electron chi connectivity index (χ0n) is 11.7. The number of sulfonamides is 1. The SMILES string of the molecule is Cc1ccc(F)c(S(=O)(=O)NCCCN2CCCC2)c1. The molecule has 1 fully saturated rings. The Morgan fingerprint density at radius 1 is 1.30 bits per heavy atom. The number of nitrogens with one attached hydrogen (secondary N) is 1. The van der Waals surface area contributed by atoms with E-state index in [1.807, 2.05) is 0 Å². The molecular formula is C14H21FN2O2S. The van der Waals surface area contributed by atoms with Crippen LogP contribution in [-0.4, -0.2) is 39.5 Å². The molecule has 0 radical (unpaired) electrons. The van der Waals surface area contributed by atoms with Gasteiger partial charge in [-0.05, 0) is 63.5 Å². The zero-order valence-corrected chi connectivity index (χ0v) is 12.5. The van der Waals surface area contributed by atoms with E-state index in [2.05, 4.69) is 9.62 Å². The molecule has 0 unspecified atom stereocenters. The lowest BCUT2D eigenvalue weighted by Crippen LogP contribution is -2.29. The van der Waals surface area contributed by atoms with Crippen LogP contribution < -0.4 is 4.72 Å². The Labute approximate surface area is 120 Å². The molecule has 1 aliphatic rings. The van der Waals surface area contributed by atoms with Gasteiger partial charge in [0.1, 0.15) is 10.7 Å². The number of hydrogen-bond donors (Lipinski definition) is 1. The van der Waals surface area contributed by atoms with Crippen molar-refractivity contribution in [3.8, 4) is 0 Å². The minimum atomic E-state index is -3.75. The predicted molar refractivity (Wildman–Crippen MR) is 76.6 cm³/mol. The van der Waals surface area contributed by atoms with Gasteiger partial charge in [-0.25, -0.2) is 17.5 Å². The molecule has 0 bridgehead atoms. The Balaban J connectivity index is 1.88. The number of hydrogen-bond acceptors (Lipinski definition) is 3. The summed E-state index contributed by atoms with van der Waals surface area (Å²) in [7, 11) is -3.75. The first kappa shape index (κ1) is 15.4. The lowest BCUT2D eigenvalue weighted by molar-refractivity contribution is 0.334. The predicted octanol–water partition coefficient (Wildman–Crippen LogP) is 1.90. The van der Waals surface area contributed by atoms with Crippen molar-refractivity contribution in [1.29, 1.82) is 0 Å². The second-order valence-corrected chi connectivity index (χ2v) is 6.97. The van der Waals surface area contributed by atoms with Gasteiger partial charge in [0.2, 0.25) is 10.0 Å². The molecule has 0 amide bonds. The van der Waals surface area contributed by atoms with Crippen LogP contribution in [0.1, 0.15) is 24.8 Å². The van der Waals surface area contributed by atoms with Crippen molar-refractivity contribution in [2.75, 3.05) is 26.2 Å². The monoisotopic (exact) mass is 300 g/mol. The van der Waals surface area contributed by atoms with E-state index in [4.69, 9.17) is 0 Å². The van der Waals surface area contributed by atoms with E-state index in [1.54, 1.807) is 13.0 Å². The van der Waals surface area contributed by atoms with Crippen molar-refractivity contribution >= 4 is 10.0 Å². The number of halogens is 1. The fourth-order valence-corrected chi connectivity index (χ4v) is 3.64. The summed E-state index contributed by atoms with van der Waals surface area (Å²) in [6.07, 6.45) is 3.19. The van der Waals surface area contributed by atoms with Crippen LogP contribution in [0, 0.1) is 12.7 Å². The van der Waals surface area contributed by atoms with Crippen LogP contribution in [0.4, 0.5) is 4.39 Å². The normalized spacial score (nSPS) is 16.7. The topological polar surface area (TPSA) is 49.4 Å². The van der Waals surface area contributed by atoms with E-state index in [1.165, 1.54) is 25.0 Å². The van der Waals surface area contributed by atoms with Crippen molar-refractivity contribution in [1.82, 2.24) is 9.62 Å². The van der Waals surface area contributed by atoms with Crippen LogP contribution in [0.2, 0.25) is 0 Å². The average Bonchev–Trinajstić information content (AvgIpc) is 2.90. The maximum Gasteiger partial charge on any atom is 0.243 e. The molecule has 1 aromatic carbocycles. The molecule has 0 aromatic heterocycles. The molecule has 0 aliphatic carbocycles. The van der Waals surface area contributed by atoms with Crippen molar-refractivity contribution in [2.24, 2.45) is 0 Å². The van der Waals surface area contributed by atoms with Crippen molar-refractivity contribution in [3.63, 3.8) is 0 Å². The fraction of sp³-hybridized carbons (Fsp3) is 0.571. The Morgan fingerprint density at radius 3 is 2.70 bits per heavy atom. The van der Waals surface area contributed by atoms with Gasteiger partial charge < -0.3 is 4.90 Å². The minimum absolute atomic E-state index is 0.265. The van der Waals surface area contributed by atoms with Crippen LogP contribution >= 0.6 is 0 Å². The fourth-order valence-electron chi connectivity index (χ4n) is 2.41. The molecule has 20 heavy (non-hydrogen) atoms. The third-order valence-electron chi connectivity index (χ3n) is 3.52. The maximum absolute atomic E-state index is 13.6. The summed E-state index contributed by atoms with van der Waals surface area (Å²) in [5, 5.41) is 0. The Hall–Kier alpha value is -0.980. The van der Waals surface area contributed by atoms with Gasteiger partial charge in [-0.2, -0.15) is 0 Å². The Kier molecular flexibility index (Phi) is 5.12. The highest BCUT2D eigenvalue weighted by molar-refractivity contribution is 7.89. The van der Waals surface area contributed by atoms with Crippen LogP contribution in [0.15, 0.2) is 23.1 Å². The summed E-state index contributed by atoms with van der Waals surface area (Å²) in [5.74, 6) is -0.706. The molecule has 0 saturated carbocycles. The third-order valence-corrected chi connectivity index (χ3v) is 4.99. The number of benzene rings is 1. The molecule has 0 atom stereocenters. The molecule has 2 rings (SSSR count). The van der Waals surface area contributed by atoms with Gasteiger partial charge in [0.15, 0.2) is 0 Å². The number of nitrogens with zero attached hydrogens (tertiary/aromatic N) is 1. The number of aryl methyl sites for hydroxylation is 1. The third kappa shape index (κ3) is 4.01. The van der Waals surface area contributed by atoms with Crippen molar-refractivity contribution in [3.05, 3.63) is 29.6 Å². The first-order chi connectivity index (χ1) is 9.49. The molecule has 4 nitrogen and oxygen atoms in total. The second kappa shape index (κ2) is 6.65. The van der Waals surface area contributed by atoms with Crippen LogP contribution in [-0.2, 0) is 10.0 Å². The largest absolute Gasteiger partial charge is 0.303 e. The summed E-state index contributed by atoms with van der Waals surface area (Å²) in [4.78, 5) is 2.06. The molecule has 0 spiro atoms. The van der Waals surface area contributed by atoms with E-state index in [-0.39, 0.29) is 4.90 Å². The zero-order chi connectivity index (χ0) is 14.6. The highest BCUT2D eigenvalue weighted by Crippen LogP contribution is 2.15. The molecule has 112 valence electrons. The second-order valence-electron chi connectivity index (χ2n) is 5.23. The van der Waals surface area contributed by atoms with Gasteiger partial charge in [-0.3, -0.25) is 0 Å². The molecule has 1 heterocycles. The highest BCUT2D eigenvalue weighted by atomic mass is 32.2. The van der Waals surface area contributed by atoms with Crippen molar-refractivity contribution in [2.45, 2.75) is 31.1 Å². The molecule has 1 saturated heterocycles. The van der Waals surface area contributed by atoms with Crippen molar-refractivity contribution < 1.29 is 12.8 Å². The summed E-state index contributed by atoms with van der Waals surface area (Å²) < 4.78 is 40.1. The molecule has 1 aromatic rings. The molecule has 1 aliphatic heterocycles. The molecule has 6 heteroatoms. The van der Waals surface area contributed by atoms with Gasteiger partial charge in [-0.1, -0.05) is 6.07 Å². The summed E-state index contributed by atoms with van der Waals surface area (Å²) in [5.41, 5.74) is 0.726. The average molecular weight is 300 g/mol. The smallest absolute Gasteiger partial charge is 0.243 e. The standard InChI is InChI=1S/C14H21FN2O2S/c1-12-5-6-13(15)14(11-12)20(18,19)16-7-4-10-17-8-2-3-9-17/h5-6,11,16H,2-4,7-10H2,1H3. The Morgan fingerprint density at radius 2 is 2.00 bits per heavy atom. The van der Waals surface area contributed by atoms with Crippen LogP contribution in [0.3, 0.4) is 0 Å². The van der Waals surface area contributed by atoms with Crippen LogP contribution in [0.5, 0.6) is 0 Å². The highest BCUT2D eigenvalue weighted by Gasteiger charge is 2.19. The number of rotatable bonds is 6. The van der Waals surface area contributed by atoms with Gasteiger partial charge in [0, 0.05) is 6.54 Å². The van der Waals surface area contributed by atoms with Gasteiger partial charge in [-0.15, -0.1) is 0 Å². The van der Waals surface area contributed by atoms with Crippen LogP contribution in [0.25, 0.3) is 0 Å². The van der Waals surface area contributed by atoms with E-state index in [0.29, 0.717) is 6.54 Å². The molecular weight excluding hydrogens is 279 g/mol. The van der Waals surface area contributed by atoms with Gasteiger partial charge in [0.25, 0.3) is 0 Å². The summed E-state index contributed by atoms with van der Waals surface area (Å²) in [6, 6.07) is 4.11. The van der Waals surface area contributed by atoms with E-state index >= 15 is 0 Å². The van der Waals surface area contributed by atoms with Gasteiger partial charge >= 0.3 is 0 Å². The maximum atomic E-state index is 13.6. The first-order valence-corrected chi connectivity index (χ1v) is 8.45. The first-order valence-electron chi connectivity index (χ1n) is 6.97.